The minimum Gasteiger partial charge on any atom is -0.243 e. The molecule has 1 radical (unpaired) electrons. The third-order valence-electron chi connectivity index (χ3n) is 0.316. The summed E-state index contributed by atoms with van der Waals surface area (Å²) in [7, 11) is 1.80. The predicted octanol–water partition coefficient (Wildman–Crippen LogP) is -0.255. The SMILES string of the molecule is CC[N]NC. The van der Waals surface area contributed by atoms with Crippen molar-refractivity contribution in [2.24, 2.45) is 0 Å². The van der Waals surface area contributed by atoms with Gasteiger partial charge in [0.2, 0.25) is 0 Å². The van der Waals surface area contributed by atoms with E-state index in [9.17, 15) is 0 Å². The summed E-state index contributed by atoms with van der Waals surface area (Å²) in [6.07, 6.45) is 0. The molecule has 0 aromatic rings. The predicted molar refractivity (Wildman–Crippen MR) is 21.7 cm³/mol. The second kappa shape index (κ2) is 3.92. The molecule has 0 aromatic heterocycles. The van der Waals surface area contributed by atoms with Gasteiger partial charge in [0.05, 0.1) is 0 Å². The fourth-order valence-corrected chi connectivity index (χ4v) is 0.158. The molecule has 0 aromatic carbocycles. The molecule has 0 unspecified atom stereocenters. The Balaban J connectivity index is 2.19. The van der Waals surface area contributed by atoms with Crippen molar-refractivity contribution in [3.8, 4) is 0 Å². The normalized spacial score (nSPS) is 8.40. The Labute approximate surface area is 32.5 Å². The fraction of sp³-hybridized carbons (Fsp3) is 1.00. The van der Waals surface area contributed by atoms with E-state index in [2.05, 4.69) is 10.9 Å². The van der Waals surface area contributed by atoms with Gasteiger partial charge in [0.25, 0.3) is 0 Å². The highest BCUT2D eigenvalue weighted by Crippen LogP contribution is 1.41. The zero-order chi connectivity index (χ0) is 4.12. The molecule has 0 aliphatic heterocycles. The summed E-state index contributed by atoms with van der Waals surface area (Å²) in [6.45, 7) is 2.84. The Morgan fingerprint density at radius 2 is 2.40 bits per heavy atom. The maximum Gasteiger partial charge on any atom is 0.0275 e. The summed E-state index contributed by atoms with van der Waals surface area (Å²) in [5, 5.41) is 0. The van der Waals surface area contributed by atoms with E-state index in [1.54, 1.807) is 7.05 Å². The lowest BCUT2D eigenvalue weighted by Crippen LogP contribution is -2.17. The summed E-state index contributed by atoms with van der Waals surface area (Å²) in [4.78, 5) is 0. The van der Waals surface area contributed by atoms with Crippen LogP contribution < -0.4 is 10.9 Å². The quantitative estimate of drug-likeness (QED) is 0.448. The molecular formula is C3H9N2. The van der Waals surface area contributed by atoms with Gasteiger partial charge < -0.3 is 0 Å². The van der Waals surface area contributed by atoms with Gasteiger partial charge in [-0.25, -0.2) is 5.43 Å². The highest BCUT2D eigenvalue weighted by atomic mass is 15.3. The van der Waals surface area contributed by atoms with E-state index < -0.39 is 0 Å². The number of nitrogens with zero attached hydrogens (tertiary/aromatic N) is 1. The lowest BCUT2D eigenvalue weighted by molar-refractivity contribution is 0.608. The largest absolute Gasteiger partial charge is 0.243 e. The van der Waals surface area contributed by atoms with Gasteiger partial charge in [0.1, 0.15) is 0 Å². The van der Waals surface area contributed by atoms with E-state index in [1.165, 1.54) is 0 Å². The summed E-state index contributed by atoms with van der Waals surface area (Å²) in [5.41, 5.74) is 6.36. The van der Waals surface area contributed by atoms with Gasteiger partial charge in [-0.3, -0.25) is 0 Å². The van der Waals surface area contributed by atoms with E-state index >= 15 is 0 Å². The molecule has 0 aliphatic carbocycles. The molecule has 0 fully saturated rings. The zero-order valence-corrected chi connectivity index (χ0v) is 3.65. The fourth-order valence-electron chi connectivity index (χ4n) is 0.158. The molecule has 0 rings (SSSR count). The van der Waals surface area contributed by atoms with E-state index in [0.717, 1.165) is 6.54 Å². The van der Waals surface area contributed by atoms with Crippen LogP contribution >= 0.6 is 0 Å². The van der Waals surface area contributed by atoms with Gasteiger partial charge in [-0.2, -0.15) is 5.43 Å². The van der Waals surface area contributed by atoms with Gasteiger partial charge in [-0.05, 0) is 6.92 Å². The summed E-state index contributed by atoms with van der Waals surface area (Å²) < 4.78 is 0. The minimum absolute atomic E-state index is 0.858. The third-order valence-corrected chi connectivity index (χ3v) is 0.316. The van der Waals surface area contributed by atoms with Crippen molar-refractivity contribution < 1.29 is 0 Å². The molecule has 0 saturated heterocycles. The van der Waals surface area contributed by atoms with Gasteiger partial charge in [0, 0.05) is 13.6 Å². The van der Waals surface area contributed by atoms with Crippen LogP contribution in [0.3, 0.4) is 0 Å². The average Bonchev–Trinajstić information content (AvgIpc) is 1.41. The van der Waals surface area contributed by atoms with Crippen LogP contribution in [-0.2, 0) is 0 Å². The van der Waals surface area contributed by atoms with E-state index in [0.29, 0.717) is 0 Å². The monoisotopic (exact) mass is 73.1 g/mol. The van der Waals surface area contributed by atoms with Crippen LogP contribution in [0.25, 0.3) is 0 Å². The van der Waals surface area contributed by atoms with Crippen LogP contribution in [0, 0.1) is 0 Å². The van der Waals surface area contributed by atoms with Gasteiger partial charge in [-0.15, -0.1) is 0 Å². The molecule has 1 N–H and O–H groups in total. The molecule has 0 saturated carbocycles. The van der Waals surface area contributed by atoms with E-state index in [1.807, 2.05) is 6.92 Å². The maximum atomic E-state index is 3.72. The highest BCUT2D eigenvalue weighted by molar-refractivity contribution is 4.16. The molecule has 31 valence electrons. The van der Waals surface area contributed by atoms with Crippen LogP contribution in [0.2, 0.25) is 0 Å². The summed E-state index contributed by atoms with van der Waals surface area (Å²) >= 11 is 0. The molecule has 0 heterocycles. The smallest absolute Gasteiger partial charge is 0.0275 e. The first-order valence-corrected chi connectivity index (χ1v) is 1.75. The second-order valence-electron chi connectivity index (χ2n) is 0.698. The van der Waals surface area contributed by atoms with Gasteiger partial charge >= 0.3 is 0 Å². The number of nitrogens with one attached hydrogen (secondary N) is 1. The van der Waals surface area contributed by atoms with Gasteiger partial charge in [-0.1, -0.05) is 0 Å². The molecule has 0 amide bonds. The van der Waals surface area contributed by atoms with Crippen LogP contribution in [-0.4, -0.2) is 13.6 Å². The summed E-state index contributed by atoms with van der Waals surface area (Å²) in [6, 6.07) is 0. The van der Waals surface area contributed by atoms with Crippen molar-refractivity contribution in [1.29, 1.82) is 0 Å². The number of rotatable bonds is 2. The molecule has 2 nitrogen and oxygen atoms in total. The number of hydrogen-bond acceptors (Lipinski definition) is 1. The Morgan fingerprint density at radius 1 is 1.80 bits per heavy atom. The zero-order valence-electron chi connectivity index (χ0n) is 3.65. The van der Waals surface area contributed by atoms with Crippen LogP contribution in [0.5, 0.6) is 0 Å². The van der Waals surface area contributed by atoms with E-state index in [-0.39, 0.29) is 0 Å². The average molecular weight is 73.1 g/mol. The molecule has 5 heavy (non-hydrogen) atoms. The van der Waals surface area contributed by atoms with Crippen LogP contribution in [0.1, 0.15) is 6.92 Å². The van der Waals surface area contributed by atoms with Crippen molar-refractivity contribution >= 4 is 0 Å². The maximum absolute atomic E-state index is 3.72. The molecule has 2 heteroatoms. The molecule has 0 atom stereocenters. The third kappa shape index (κ3) is 3.92. The molecule has 0 spiro atoms. The Morgan fingerprint density at radius 3 is 2.40 bits per heavy atom. The van der Waals surface area contributed by atoms with Crippen LogP contribution in [0.15, 0.2) is 0 Å². The standard InChI is InChI=1S/C3H9N2/c1-3-5-4-2/h4H,3H2,1-2H3. The lowest BCUT2D eigenvalue weighted by atomic mass is 10.8. The first kappa shape index (κ1) is 4.92. The molecular weight excluding hydrogens is 64.0 g/mol. The van der Waals surface area contributed by atoms with Crippen molar-refractivity contribution in [1.82, 2.24) is 10.9 Å². The summed E-state index contributed by atoms with van der Waals surface area (Å²) in [5.74, 6) is 0. The van der Waals surface area contributed by atoms with Crippen molar-refractivity contribution in [2.75, 3.05) is 13.6 Å². The second-order valence-corrected chi connectivity index (χ2v) is 0.698. The van der Waals surface area contributed by atoms with E-state index in [4.69, 9.17) is 0 Å². The first-order valence-electron chi connectivity index (χ1n) is 1.75. The minimum atomic E-state index is 0.858. The lowest BCUT2D eigenvalue weighted by Gasteiger charge is -1.85. The Hall–Kier alpha value is -0.0800. The number of hydrogen-bond donors (Lipinski definition) is 1. The topological polar surface area (TPSA) is 26.1 Å². The van der Waals surface area contributed by atoms with Crippen molar-refractivity contribution in [2.45, 2.75) is 6.92 Å². The Kier molecular flexibility index (Phi) is 3.86. The highest BCUT2D eigenvalue weighted by Gasteiger charge is 1.63. The molecule has 0 aliphatic rings. The first-order chi connectivity index (χ1) is 2.41. The Bertz CT molecular complexity index is 12.4. The van der Waals surface area contributed by atoms with Crippen molar-refractivity contribution in [3.05, 3.63) is 0 Å². The van der Waals surface area contributed by atoms with Crippen molar-refractivity contribution in [3.63, 3.8) is 0 Å². The van der Waals surface area contributed by atoms with Crippen LogP contribution in [0.4, 0.5) is 0 Å². The molecule has 0 bridgehead atoms. The van der Waals surface area contributed by atoms with Gasteiger partial charge in [0.15, 0.2) is 0 Å².